The van der Waals surface area contributed by atoms with Crippen LogP contribution in [0.4, 0.5) is 28.9 Å². The molecular formula is C18H24F4N4O4. The molecule has 1 aliphatic rings. The molecule has 2 amide bonds. The smallest absolute Gasteiger partial charge is 0.387 e. The number of hydrogen-bond acceptors (Lipinski definition) is 6. The summed E-state index contributed by atoms with van der Waals surface area (Å²) in [6.07, 6.45) is -2.65. The minimum atomic E-state index is -3.16. The third-order valence-corrected chi connectivity index (χ3v) is 4.47. The number of amides is 2. The molecule has 1 heterocycles. The first kappa shape index (κ1) is 23.8. The number of anilines is 2. The van der Waals surface area contributed by atoms with Crippen LogP contribution in [-0.4, -0.2) is 75.2 Å². The molecule has 0 bridgehead atoms. The van der Waals surface area contributed by atoms with Gasteiger partial charge in [-0.25, -0.2) is 8.78 Å². The lowest BCUT2D eigenvalue weighted by Gasteiger charge is -2.29. The molecule has 1 atom stereocenters. The zero-order valence-corrected chi connectivity index (χ0v) is 16.3. The zero-order valence-electron chi connectivity index (χ0n) is 16.3. The van der Waals surface area contributed by atoms with Crippen molar-refractivity contribution < 1.29 is 36.6 Å². The molecule has 2 rings (SSSR count). The lowest BCUT2D eigenvalue weighted by Crippen LogP contribution is -2.50. The Balaban J connectivity index is 2.24. The number of carbonyl (C=O) groups is 2. The molecule has 3 N–H and O–H groups in total. The molecule has 0 radical (unpaired) electrons. The summed E-state index contributed by atoms with van der Waals surface area (Å²) in [5.74, 6) is -1.41. The van der Waals surface area contributed by atoms with Crippen LogP contribution in [0.3, 0.4) is 0 Å². The van der Waals surface area contributed by atoms with Crippen LogP contribution < -0.4 is 20.7 Å². The summed E-state index contributed by atoms with van der Waals surface area (Å²) in [6.45, 7) is -2.05. The predicted molar refractivity (Wildman–Crippen MR) is 101 cm³/mol. The molecule has 0 aliphatic carbocycles. The van der Waals surface area contributed by atoms with Gasteiger partial charge in [-0.1, -0.05) is 6.92 Å². The number of nitrogens with zero attached hydrogens (tertiary/aromatic N) is 2. The van der Waals surface area contributed by atoms with E-state index in [0.717, 1.165) is 6.07 Å². The Morgan fingerprint density at radius 3 is 2.67 bits per heavy atom. The lowest BCUT2D eigenvalue weighted by molar-refractivity contribution is -0.126. The van der Waals surface area contributed by atoms with Crippen molar-refractivity contribution in [1.82, 2.24) is 4.90 Å². The number of rotatable bonds is 10. The minimum Gasteiger partial charge on any atom is -0.433 e. The van der Waals surface area contributed by atoms with Crippen molar-refractivity contribution in [1.29, 1.82) is 0 Å². The Morgan fingerprint density at radius 1 is 1.37 bits per heavy atom. The average Bonchev–Trinajstić information content (AvgIpc) is 2.68. The maximum absolute atomic E-state index is 12.9. The molecule has 168 valence electrons. The zero-order chi connectivity index (χ0) is 22.3. The standard InChI is InChI=1S/C18H24F4N4O4/c1-2-25(9-15(19)20)13(8-23)17(28)24-11-3-4-12(14(7-11)30-18(21)22)26-5-6-29-10-16(26)27/h3-4,7,13,15,18H,2,5-6,8-10,23H2,1H3,(H,24,28)/t13-/m1/s1. The van der Waals surface area contributed by atoms with Gasteiger partial charge in [0, 0.05) is 24.8 Å². The number of likely N-dealkylation sites (N-methyl/N-ethyl adjacent to an activating group) is 1. The van der Waals surface area contributed by atoms with Crippen LogP contribution in [-0.2, 0) is 14.3 Å². The molecule has 1 saturated heterocycles. The van der Waals surface area contributed by atoms with Crippen LogP contribution in [0.15, 0.2) is 18.2 Å². The van der Waals surface area contributed by atoms with Crippen molar-refractivity contribution in [2.45, 2.75) is 26.0 Å². The van der Waals surface area contributed by atoms with Crippen LogP contribution in [0.2, 0.25) is 0 Å². The number of benzene rings is 1. The van der Waals surface area contributed by atoms with Gasteiger partial charge in [-0.2, -0.15) is 8.78 Å². The number of ether oxygens (including phenoxy) is 2. The summed E-state index contributed by atoms with van der Waals surface area (Å²) in [5.41, 5.74) is 5.78. The van der Waals surface area contributed by atoms with E-state index in [1.165, 1.54) is 21.9 Å². The van der Waals surface area contributed by atoms with E-state index >= 15 is 0 Å². The van der Waals surface area contributed by atoms with Crippen LogP contribution in [0.25, 0.3) is 0 Å². The number of morpholine rings is 1. The van der Waals surface area contributed by atoms with Gasteiger partial charge in [0.1, 0.15) is 12.6 Å². The summed E-state index contributed by atoms with van der Waals surface area (Å²) in [4.78, 5) is 27.0. The van der Waals surface area contributed by atoms with E-state index in [-0.39, 0.29) is 50.0 Å². The first-order chi connectivity index (χ1) is 14.3. The van der Waals surface area contributed by atoms with E-state index < -0.39 is 37.4 Å². The summed E-state index contributed by atoms with van der Waals surface area (Å²) in [5, 5.41) is 2.48. The highest BCUT2D eigenvalue weighted by atomic mass is 19.3. The average molecular weight is 436 g/mol. The second-order valence-corrected chi connectivity index (χ2v) is 6.38. The molecule has 1 aliphatic heterocycles. The van der Waals surface area contributed by atoms with Gasteiger partial charge in [0.25, 0.3) is 12.3 Å². The highest BCUT2D eigenvalue weighted by Gasteiger charge is 2.28. The summed E-state index contributed by atoms with van der Waals surface area (Å²) < 4.78 is 60.8. The van der Waals surface area contributed by atoms with E-state index in [4.69, 9.17) is 10.5 Å². The molecule has 0 spiro atoms. The largest absolute Gasteiger partial charge is 0.433 e. The van der Waals surface area contributed by atoms with E-state index in [1.807, 2.05) is 0 Å². The van der Waals surface area contributed by atoms with Crippen LogP contribution in [0.5, 0.6) is 5.75 Å². The molecule has 1 fully saturated rings. The van der Waals surface area contributed by atoms with Crippen LogP contribution in [0.1, 0.15) is 6.92 Å². The van der Waals surface area contributed by atoms with E-state index in [2.05, 4.69) is 10.1 Å². The fourth-order valence-electron chi connectivity index (χ4n) is 3.08. The van der Waals surface area contributed by atoms with Gasteiger partial charge in [0.2, 0.25) is 5.91 Å². The Hall–Kier alpha value is -2.44. The van der Waals surface area contributed by atoms with Crippen LogP contribution >= 0.6 is 0 Å². The van der Waals surface area contributed by atoms with Crippen LogP contribution in [0, 0.1) is 0 Å². The Kier molecular flexibility index (Phi) is 8.81. The van der Waals surface area contributed by atoms with Gasteiger partial charge < -0.3 is 25.4 Å². The maximum Gasteiger partial charge on any atom is 0.387 e. The van der Waals surface area contributed by atoms with Crippen molar-refractivity contribution in [2.24, 2.45) is 5.73 Å². The molecule has 0 unspecified atom stereocenters. The van der Waals surface area contributed by atoms with Crippen molar-refractivity contribution in [3.63, 3.8) is 0 Å². The number of hydrogen-bond donors (Lipinski definition) is 2. The maximum atomic E-state index is 12.9. The first-order valence-electron chi connectivity index (χ1n) is 9.26. The molecule has 0 saturated carbocycles. The molecule has 30 heavy (non-hydrogen) atoms. The van der Waals surface area contributed by atoms with Gasteiger partial charge in [0.15, 0.2) is 5.75 Å². The summed E-state index contributed by atoms with van der Waals surface area (Å²) in [6, 6.07) is 2.85. The number of alkyl halides is 4. The lowest BCUT2D eigenvalue weighted by atomic mass is 10.2. The van der Waals surface area contributed by atoms with Crippen molar-refractivity contribution >= 4 is 23.2 Å². The van der Waals surface area contributed by atoms with Crippen molar-refractivity contribution in [3.8, 4) is 5.75 Å². The van der Waals surface area contributed by atoms with Gasteiger partial charge in [-0.05, 0) is 18.7 Å². The third kappa shape index (κ3) is 6.28. The fourth-order valence-corrected chi connectivity index (χ4v) is 3.08. The third-order valence-electron chi connectivity index (χ3n) is 4.47. The monoisotopic (exact) mass is 436 g/mol. The number of carbonyl (C=O) groups excluding carboxylic acids is 2. The molecule has 1 aromatic carbocycles. The minimum absolute atomic E-state index is 0.0895. The van der Waals surface area contributed by atoms with Gasteiger partial charge >= 0.3 is 6.61 Å². The fraction of sp³-hybridized carbons (Fsp3) is 0.556. The first-order valence-corrected chi connectivity index (χ1v) is 9.26. The molecule has 1 aromatic rings. The van der Waals surface area contributed by atoms with E-state index in [9.17, 15) is 27.2 Å². The quantitative estimate of drug-likeness (QED) is 0.540. The highest BCUT2D eigenvalue weighted by Crippen LogP contribution is 2.33. The number of halogens is 4. The second kappa shape index (κ2) is 11.1. The Bertz CT molecular complexity index is 738. The van der Waals surface area contributed by atoms with Crippen molar-refractivity contribution in [3.05, 3.63) is 18.2 Å². The topological polar surface area (TPSA) is 97.1 Å². The van der Waals surface area contributed by atoms with Crippen molar-refractivity contribution in [2.75, 3.05) is 49.6 Å². The molecular weight excluding hydrogens is 412 g/mol. The second-order valence-electron chi connectivity index (χ2n) is 6.38. The predicted octanol–water partition coefficient (Wildman–Crippen LogP) is 1.50. The molecule has 8 nitrogen and oxygen atoms in total. The normalized spacial score (nSPS) is 15.8. The number of nitrogens with two attached hydrogens (primary N) is 1. The van der Waals surface area contributed by atoms with Gasteiger partial charge in [-0.3, -0.25) is 14.5 Å². The highest BCUT2D eigenvalue weighted by molar-refractivity contribution is 5.98. The summed E-state index contributed by atoms with van der Waals surface area (Å²) >= 11 is 0. The van der Waals surface area contributed by atoms with Gasteiger partial charge in [-0.15, -0.1) is 0 Å². The molecule has 12 heteroatoms. The Morgan fingerprint density at radius 2 is 2.10 bits per heavy atom. The SMILES string of the molecule is CCN(CC(F)F)[C@H](CN)C(=O)Nc1ccc(N2CCOCC2=O)c(OC(F)F)c1. The van der Waals surface area contributed by atoms with E-state index in [1.54, 1.807) is 6.92 Å². The van der Waals surface area contributed by atoms with E-state index in [0.29, 0.717) is 0 Å². The Labute approximate surface area is 170 Å². The summed E-state index contributed by atoms with van der Waals surface area (Å²) in [7, 11) is 0. The van der Waals surface area contributed by atoms with Gasteiger partial charge in [0.05, 0.1) is 18.8 Å². The number of nitrogens with one attached hydrogen (secondary N) is 1. The molecule has 0 aromatic heterocycles.